The lowest BCUT2D eigenvalue weighted by molar-refractivity contribution is -0.138. The first kappa shape index (κ1) is 20.4. The molecule has 0 bridgehead atoms. The summed E-state index contributed by atoms with van der Waals surface area (Å²) in [7, 11) is 0. The van der Waals surface area contributed by atoms with E-state index in [1.54, 1.807) is 0 Å². The minimum atomic E-state index is -0.441. The molecule has 0 saturated carbocycles. The Hall–Kier alpha value is -2.37. The number of halogens is 1. The van der Waals surface area contributed by atoms with Crippen LogP contribution in [0.1, 0.15) is 24.0 Å². The number of carbonyl (C=O) groups is 2. The Bertz CT molecular complexity index is 828. The summed E-state index contributed by atoms with van der Waals surface area (Å²) in [5.41, 5.74) is 3.33. The second-order valence-corrected chi connectivity index (χ2v) is 7.23. The molecule has 2 aromatic carbocycles. The highest BCUT2D eigenvalue weighted by Gasteiger charge is 2.32. The normalized spacial score (nSPS) is 19.0. The fraction of sp³-hybridized carbons (Fsp3) is 0.364. The van der Waals surface area contributed by atoms with Gasteiger partial charge in [-0.05, 0) is 30.0 Å². The molecule has 0 aromatic heterocycles. The van der Waals surface area contributed by atoms with Crippen LogP contribution in [0, 0.1) is 0 Å². The van der Waals surface area contributed by atoms with Crippen molar-refractivity contribution in [3.63, 3.8) is 0 Å². The number of fused-ring (bicyclic) bond motifs is 1. The Kier molecular flexibility index (Phi) is 6.70. The Labute approximate surface area is 172 Å². The fourth-order valence-corrected chi connectivity index (χ4v) is 3.99. The third-order valence-electron chi connectivity index (χ3n) is 5.39. The lowest BCUT2D eigenvalue weighted by Crippen LogP contribution is -2.56. The van der Waals surface area contributed by atoms with Gasteiger partial charge in [0, 0.05) is 31.9 Å². The molecule has 1 N–H and O–H groups in total. The third kappa shape index (κ3) is 4.37. The van der Waals surface area contributed by atoms with Gasteiger partial charge in [-0.15, -0.1) is 12.4 Å². The molecular formula is C22H26ClN3O2. The van der Waals surface area contributed by atoms with Gasteiger partial charge < -0.3 is 15.1 Å². The number of anilines is 1. The van der Waals surface area contributed by atoms with Gasteiger partial charge in [-0.3, -0.25) is 9.59 Å². The number of hydrogen-bond acceptors (Lipinski definition) is 3. The molecule has 2 aromatic rings. The number of carbonyl (C=O) groups excluding carboxylic acids is 2. The summed E-state index contributed by atoms with van der Waals surface area (Å²) >= 11 is 0. The number of amides is 2. The predicted octanol–water partition coefficient (Wildman–Crippen LogP) is 2.78. The summed E-state index contributed by atoms with van der Waals surface area (Å²) < 4.78 is 0. The van der Waals surface area contributed by atoms with Crippen molar-refractivity contribution in [2.45, 2.75) is 31.8 Å². The summed E-state index contributed by atoms with van der Waals surface area (Å²) in [5.74, 6) is 0.0401. The van der Waals surface area contributed by atoms with Crippen LogP contribution in [0.25, 0.3) is 0 Å². The van der Waals surface area contributed by atoms with Crippen LogP contribution in [0.5, 0.6) is 0 Å². The van der Waals surface area contributed by atoms with E-state index in [0.717, 1.165) is 30.6 Å². The van der Waals surface area contributed by atoms with Gasteiger partial charge in [-0.1, -0.05) is 48.5 Å². The Balaban J connectivity index is 0.00000225. The van der Waals surface area contributed by atoms with Gasteiger partial charge in [0.1, 0.15) is 0 Å². The van der Waals surface area contributed by atoms with Gasteiger partial charge in [-0.25, -0.2) is 0 Å². The summed E-state index contributed by atoms with van der Waals surface area (Å²) in [4.78, 5) is 29.5. The molecule has 2 aliphatic heterocycles. The molecule has 5 nitrogen and oxygen atoms in total. The van der Waals surface area contributed by atoms with Crippen molar-refractivity contribution in [2.24, 2.45) is 0 Å². The van der Waals surface area contributed by atoms with E-state index in [1.165, 1.54) is 5.56 Å². The lowest BCUT2D eigenvalue weighted by Gasteiger charge is -2.35. The quantitative estimate of drug-likeness (QED) is 0.860. The van der Waals surface area contributed by atoms with Crippen LogP contribution >= 0.6 is 12.4 Å². The molecule has 2 heterocycles. The second kappa shape index (κ2) is 9.22. The summed E-state index contributed by atoms with van der Waals surface area (Å²) in [6.07, 6.45) is 2.18. The summed E-state index contributed by atoms with van der Waals surface area (Å²) in [6, 6.07) is 17.6. The van der Waals surface area contributed by atoms with E-state index in [4.69, 9.17) is 0 Å². The molecule has 1 unspecified atom stereocenters. The Morgan fingerprint density at radius 3 is 2.61 bits per heavy atom. The molecule has 0 radical (unpaired) electrons. The first-order valence-corrected chi connectivity index (χ1v) is 9.67. The number of piperazine rings is 1. The van der Waals surface area contributed by atoms with Crippen molar-refractivity contribution in [1.82, 2.24) is 10.2 Å². The topological polar surface area (TPSA) is 52.7 Å². The minimum Gasteiger partial charge on any atom is -0.336 e. The number of benzene rings is 2. The molecule has 2 amide bonds. The van der Waals surface area contributed by atoms with Gasteiger partial charge in [0.2, 0.25) is 11.8 Å². The van der Waals surface area contributed by atoms with Crippen LogP contribution in [0.15, 0.2) is 54.6 Å². The third-order valence-corrected chi connectivity index (χ3v) is 5.39. The maximum atomic E-state index is 13.0. The first-order chi connectivity index (χ1) is 13.2. The van der Waals surface area contributed by atoms with Gasteiger partial charge in [0.25, 0.3) is 0 Å². The molecule has 0 spiro atoms. The van der Waals surface area contributed by atoms with Crippen LogP contribution in [0.4, 0.5) is 5.69 Å². The van der Waals surface area contributed by atoms with Gasteiger partial charge in [0.15, 0.2) is 0 Å². The molecule has 2 aliphatic rings. The van der Waals surface area contributed by atoms with Crippen molar-refractivity contribution in [2.75, 3.05) is 24.5 Å². The van der Waals surface area contributed by atoms with E-state index in [2.05, 4.69) is 11.4 Å². The molecule has 1 saturated heterocycles. The molecule has 28 heavy (non-hydrogen) atoms. The van der Waals surface area contributed by atoms with Crippen molar-refractivity contribution >= 4 is 29.9 Å². The SMILES string of the molecule is Cl.O=C1C(CC(=O)N2CCCc3ccccc32)NCCN1Cc1ccccc1. The Morgan fingerprint density at radius 2 is 1.79 bits per heavy atom. The zero-order chi connectivity index (χ0) is 18.6. The molecule has 6 heteroatoms. The smallest absolute Gasteiger partial charge is 0.240 e. The van der Waals surface area contributed by atoms with Gasteiger partial charge in [0.05, 0.1) is 12.5 Å². The number of hydrogen-bond donors (Lipinski definition) is 1. The van der Waals surface area contributed by atoms with Crippen molar-refractivity contribution in [1.29, 1.82) is 0 Å². The zero-order valence-corrected chi connectivity index (χ0v) is 16.7. The molecule has 4 rings (SSSR count). The molecule has 148 valence electrons. The highest BCUT2D eigenvalue weighted by molar-refractivity contribution is 5.98. The largest absolute Gasteiger partial charge is 0.336 e. The van der Waals surface area contributed by atoms with Crippen LogP contribution < -0.4 is 10.2 Å². The van der Waals surface area contributed by atoms with Crippen molar-refractivity contribution < 1.29 is 9.59 Å². The lowest BCUT2D eigenvalue weighted by atomic mass is 10.0. The standard InChI is InChI=1S/C22H25N3O2.ClH/c26-21(25-13-6-10-18-9-4-5-11-20(18)25)15-19-22(27)24(14-12-23-19)16-17-7-2-1-3-8-17;/h1-5,7-9,11,19,23H,6,10,12-16H2;1H. The molecule has 0 aliphatic carbocycles. The van der Waals surface area contributed by atoms with Crippen LogP contribution in [0.2, 0.25) is 0 Å². The van der Waals surface area contributed by atoms with Crippen molar-refractivity contribution in [3.8, 4) is 0 Å². The number of nitrogens with zero attached hydrogens (tertiary/aromatic N) is 2. The van der Waals surface area contributed by atoms with E-state index in [1.807, 2.05) is 58.3 Å². The summed E-state index contributed by atoms with van der Waals surface area (Å²) in [6.45, 7) is 2.71. The van der Waals surface area contributed by atoms with E-state index in [9.17, 15) is 9.59 Å². The van der Waals surface area contributed by atoms with E-state index in [0.29, 0.717) is 19.6 Å². The van der Waals surface area contributed by atoms with Crippen LogP contribution in [0.3, 0.4) is 0 Å². The number of nitrogens with one attached hydrogen (secondary N) is 1. The monoisotopic (exact) mass is 399 g/mol. The van der Waals surface area contributed by atoms with Gasteiger partial charge in [-0.2, -0.15) is 0 Å². The maximum absolute atomic E-state index is 13.0. The number of aryl methyl sites for hydroxylation is 1. The molecular weight excluding hydrogens is 374 g/mol. The highest BCUT2D eigenvalue weighted by Crippen LogP contribution is 2.27. The number of rotatable bonds is 4. The van der Waals surface area contributed by atoms with Gasteiger partial charge >= 0.3 is 0 Å². The zero-order valence-electron chi connectivity index (χ0n) is 15.8. The molecule has 1 fully saturated rings. The second-order valence-electron chi connectivity index (χ2n) is 7.23. The summed E-state index contributed by atoms with van der Waals surface area (Å²) in [5, 5.41) is 3.24. The maximum Gasteiger partial charge on any atom is 0.240 e. The first-order valence-electron chi connectivity index (χ1n) is 9.67. The average Bonchev–Trinajstić information content (AvgIpc) is 2.71. The van der Waals surface area contributed by atoms with E-state index >= 15 is 0 Å². The molecule has 1 atom stereocenters. The van der Waals surface area contributed by atoms with Crippen molar-refractivity contribution in [3.05, 3.63) is 65.7 Å². The van der Waals surface area contributed by atoms with Crippen LogP contribution in [-0.4, -0.2) is 42.4 Å². The minimum absolute atomic E-state index is 0. The fourth-order valence-electron chi connectivity index (χ4n) is 3.99. The average molecular weight is 400 g/mol. The van der Waals surface area contributed by atoms with E-state index in [-0.39, 0.29) is 30.6 Å². The Morgan fingerprint density at radius 1 is 1.04 bits per heavy atom. The predicted molar refractivity (Wildman–Crippen MR) is 113 cm³/mol. The van der Waals surface area contributed by atoms with Crippen LogP contribution in [-0.2, 0) is 22.6 Å². The number of para-hydroxylation sites is 1. The highest BCUT2D eigenvalue weighted by atomic mass is 35.5. The van der Waals surface area contributed by atoms with E-state index < -0.39 is 6.04 Å².